The van der Waals surface area contributed by atoms with E-state index < -0.39 is 22.7 Å². The van der Waals surface area contributed by atoms with Crippen molar-refractivity contribution in [2.45, 2.75) is 13.8 Å². The highest BCUT2D eigenvalue weighted by Crippen LogP contribution is 1.99. The Bertz CT molecular complexity index is 347. The molecule has 0 bridgehead atoms. The van der Waals surface area contributed by atoms with E-state index in [9.17, 15) is 13.8 Å². The SMILES string of the molecule is CC.COC(=O)/C=C/C(=O)OCCN1CCS(=O)CC1. The van der Waals surface area contributed by atoms with Crippen LogP contribution in [-0.4, -0.2) is 65.9 Å². The minimum Gasteiger partial charge on any atom is -0.466 e. The highest BCUT2D eigenvalue weighted by molar-refractivity contribution is 7.85. The van der Waals surface area contributed by atoms with Gasteiger partial charge in [-0.25, -0.2) is 9.59 Å². The van der Waals surface area contributed by atoms with Crippen LogP contribution in [0.25, 0.3) is 0 Å². The molecule has 20 heavy (non-hydrogen) atoms. The molecule has 0 radical (unpaired) electrons. The molecule has 6 nitrogen and oxygen atoms in total. The molecule has 0 saturated carbocycles. The minimum atomic E-state index is -0.697. The van der Waals surface area contributed by atoms with E-state index in [0.717, 1.165) is 25.2 Å². The standard InChI is InChI=1S/C11H17NO5S.C2H6/c1-16-10(13)2-3-11(14)17-7-4-12-5-8-18(15)9-6-12;1-2/h2-3H,4-9H2,1H3;1-2H3/b3-2+;. The second kappa shape index (κ2) is 11.6. The summed E-state index contributed by atoms with van der Waals surface area (Å²) < 4.78 is 20.4. The van der Waals surface area contributed by atoms with Gasteiger partial charge in [0.05, 0.1) is 7.11 Å². The van der Waals surface area contributed by atoms with Crippen LogP contribution in [-0.2, 0) is 29.9 Å². The Kier molecular flexibility index (Phi) is 10.9. The molecule has 1 rings (SSSR count). The number of esters is 2. The summed E-state index contributed by atoms with van der Waals surface area (Å²) in [5.41, 5.74) is 0. The summed E-state index contributed by atoms with van der Waals surface area (Å²) in [5.74, 6) is 0.193. The van der Waals surface area contributed by atoms with Crippen molar-refractivity contribution in [2.75, 3.05) is 44.9 Å². The number of nitrogens with zero attached hydrogens (tertiary/aromatic N) is 1. The molecule has 1 heterocycles. The zero-order chi connectivity index (χ0) is 15.4. The highest BCUT2D eigenvalue weighted by atomic mass is 32.2. The van der Waals surface area contributed by atoms with Crippen molar-refractivity contribution in [1.82, 2.24) is 4.90 Å². The van der Waals surface area contributed by atoms with Crippen molar-refractivity contribution >= 4 is 22.7 Å². The molecule has 1 saturated heterocycles. The molecule has 0 unspecified atom stereocenters. The van der Waals surface area contributed by atoms with E-state index in [0.29, 0.717) is 18.1 Å². The lowest BCUT2D eigenvalue weighted by molar-refractivity contribution is -0.139. The van der Waals surface area contributed by atoms with E-state index in [1.165, 1.54) is 7.11 Å². The van der Waals surface area contributed by atoms with E-state index in [2.05, 4.69) is 9.64 Å². The molecule has 1 fully saturated rings. The van der Waals surface area contributed by atoms with Crippen molar-refractivity contribution in [1.29, 1.82) is 0 Å². The van der Waals surface area contributed by atoms with Crippen LogP contribution in [0.1, 0.15) is 13.8 Å². The van der Waals surface area contributed by atoms with Crippen LogP contribution >= 0.6 is 0 Å². The molecule has 116 valence electrons. The third-order valence-corrected chi connectivity index (χ3v) is 3.75. The van der Waals surface area contributed by atoms with Crippen LogP contribution in [0.3, 0.4) is 0 Å². The van der Waals surface area contributed by atoms with Crippen LogP contribution in [0.2, 0.25) is 0 Å². The van der Waals surface area contributed by atoms with Gasteiger partial charge < -0.3 is 9.47 Å². The fourth-order valence-corrected chi connectivity index (χ4v) is 2.55. The van der Waals surface area contributed by atoms with E-state index in [4.69, 9.17) is 4.74 Å². The molecule has 0 amide bonds. The van der Waals surface area contributed by atoms with Gasteiger partial charge in [-0.2, -0.15) is 0 Å². The fraction of sp³-hybridized carbons (Fsp3) is 0.692. The Hall–Kier alpha value is -1.21. The van der Waals surface area contributed by atoms with Gasteiger partial charge in [-0.05, 0) is 0 Å². The number of hydrogen-bond donors (Lipinski definition) is 0. The molecule has 0 aliphatic carbocycles. The van der Waals surface area contributed by atoms with Crippen LogP contribution in [0.4, 0.5) is 0 Å². The first kappa shape index (κ1) is 18.8. The molecule has 0 aromatic carbocycles. The summed E-state index contributed by atoms with van der Waals surface area (Å²) in [6, 6.07) is 0. The zero-order valence-corrected chi connectivity index (χ0v) is 13.1. The summed E-state index contributed by atoms with van der Waals surface area (Å²) >= 11 is 0. The largest absolute Gasteiger partial charge is 0.466 e. The Balaban J connectivity index is 0.00000172. The maximum Gasteiger partial charge on any atom is 0.331 e. The molecule has 0 atom stereocenters. The van der Waals surface area contributed by atoms with E-state index in [-0.39, 0.29) is 6.61 Å². The van der Waals surface area contributed by atoms with Gasteiger partial charge in [0, 0.05) is 54.1 Å². The number of carbonyl (C=O) groups is 2. The van der Waals surface area contributed by atoms with Crippen molar-refractivity contribution in [2.24, 2.45) is 0 Å². The zero-order valence-electron chi connectivity index (χ0n) is 12.3. The van der Waals surface area contributed by atoms with Crippen molar-refractivity contribution in [3.8, 4) is 0 Å². The van der Waals surface area contributed by atoms with Gasteiger partial charge in [-0.1, -0.05) is 13.8 Å². The Morgan fingerprint density at radius 3 is 2.25 bits per heavy atom. The molecular weight excluding hydrogens is 282 g/mol. The first-order valence-electron chi connectivity index (χ1n) is 6.62. The maximum absolute atomic E-state index is 11.2. The van der Waals surface area contributed by atoms with Crippen LogP contribution in [0, 0.1) is 0 Å². The summed E-state index contributed by atoms with van der Waals surface area (Å²) in [6.07, 6.45) is 2.06. The topological polar surface area (TPSA) is 72.9 Å². The van der Waals surface area contributed by atoms with E-state index in [1.54, 1.807) is 0 Å². The average molecular weight is 305 g/mol. The van der Waals surface area contributed by atoms with Gasteiger partial charge in [-0.3, -0.25) is 9.11 Å². The van der Waals surface area contributed by atoms with Gasteiger partial charge in [-0.15, -0.1) is 0 Å². The van der Waals surface area contributed by atoms with Crippen LogP contribution in [0.5, 0.6) is 0 Å². The summed E-state index contributed by atoms with van der Waals surface area (Å²) in [5, 5.41) is 0. The third-order valence-electron chi connectivity index (χ3n) is 2.48. The molecule has 1 aliphatic heterocycles. The fourth-order valence-electron chi connectivity index (χ4n) is 1.43. The molecule has 0 aromatic heterocycles. The summed E-state index contributed by atoms with van der Waals surface area (Å²) in [6.45, 7) is 6.41. The van der Waals surface area contributed by atoms with Crippen LogP contribution < -0.4 is 0 Å². The molecular formula is C13H23NO5S. The quantitative estimate of drug-likeness (QED) is 0.539. The lowest BCUT2D eigenvalue weighted by atomic mass is 10.4. The average Bonchev–Trinajstić information content (AvgIpc) is 2.49. The molecule has 0 spiro atoms. The first-order chi connectivity index (χ1) is 9.61. The maximum atomic E-state index is 11.2. The predicted octanol–water partition coefficient (Wildman–Crippen LogP) is 0.349. The van der Waals surface area contributed by atoms with Gasteiger partial charge in [0.15, 0.2) is 0 Å². The number of ether oxygens (including phenoxy) is 2. The van der Waals surface area contributed by atoms with Crippen molar-refractivity contribution in [3.63, 3.8) is 0 Å². The molecule has 7 heteroatoms. The lowest BCUT2D eigenvalue weighted by Crippen LogP contribution is -2.39. The Labute approximate surface area is 122 Å². The predicted molar refractivity (Wildman–Crippen MR) is 77.8 cm³/mol. The Morgan fingerprint density at radius 1 is 1.15 bits per heavy atom. The number of rotatable bonds is 5. The first-order valence-corrected chi connectivity index (χ1v) is 8.10. The van der Waals surface area contributed by atoms with E-state index in [1.807, 2.05) is 13.8 Å². The smallest absolute Gasteiger partial charge is 0.331 e. The van der Waals surface area contributed by atoms with Gasteiger partial charge in [0.1, 0.15) is 6.61 Å². The van der Waals surface area contributed by atoms with Crippen LogP contribution in [0.15, 0.2) is 12.2 Å². The third kappa shape index (κ3) is 8.82. The number of methoxy groups -OCH3 is 1. The monoisotopic (exact) mass is 305 g/mol. The molecule has 0 aromatic rings. The van der Waals surface area contributed by atoms with Gasteiger partial charge in [0.25, 0.3) is 0 Å². The highest BCUT2D eigenvalue weighted by Gasteiger charge is 2.14. The second-order valence-electron chi connectivity index (χ2n) is 3.71. The minimum absolute atomic E-state index is 0.261. The van der Waals surface area contributed by atoms with Gasteiger partial charge >= 0.3 is 11.9 Å². The number of carbonyl (C=O) groups excluding carboxylic acids is 2. The normalized spacial score (nSPS) is 16.4. The Morgan fingerprint density at radius 2 is 1.70 bits per heavy atom. The summed E-state index contributed by atoms with van der Waals surface area (Å²) in [4.78, 5) is 24.0. The van der Waals surface area contributed by atoms with E-state index >= 15 is 0 Å². The lowest BCUT2D eigenvalue weighted by Gasteiger charge is -2.25. The second-order valence-corrected chi connectivity index (χ2v) is 5.41. The molecule has 1 aliphatic rings. The van der Waals surface area contributed by atoms with Gasteiger partial charge in [0.2, 0.25) is 0 Å². The molecule has 0 N–H and O–H groups in total. The summed E-state index contributed by atoms with van der Waals surface area (Å²) in [7, 11) is 0.538. The van der Waals surface area contributed by atoms with Crippen molar-refractivity contribution < 1.29 is 23.3 Å². The van der Waals surface area contributed by atoms with Crippen molar-refractivity contribution in [3.05, 3.63) is 12.2 Å². The number of hydrogen-bond acceptors (Lipinski definition) is 6.